The molecule has 3 rings (SSSR count). The number of primary amides is 1. The van der Waals surface area contributed by atoms with Crippen molar-refractivity contribution in [2.24, 2.45) is 5.73 Å². The normalized spacial score (nSPS) is 14.5. The van der Waals surface area contributed by atoms with Gasteiger partial charge in [-0.15, -0.1) is 0 Å². The zero-order chi connectivity index (χ0) is 16.4. The van der Waals surface area contributed by atoms with E-state index in [2.05, 4.69) is 0 Å². The number of allylic oxidation sites excluding steroid dienone is 1. The highest BCUT2D eigenvalue weighted by Gasteiger charge is 2.27. The van der Waals surface area contributed by atoms with Crippen LogP contribution in [0, 0.1) is 0 Å². The van der Waals surface area contributed by atoms with Crippen molar-refractivity contribution >= 4 is 29.4 Å². The highest BCUT2D eigenvalue weighted by atomic mass is 35.5. The number of Topliss-reactive ketones (excluding diaryl/α,β-unsaturated/α-hetero) is 1. The van der Waals surface area contributed by atoms with Gasteiger partial charge in [-0.1, -0.05) is 29.8 Å². The second kappa shape index (κ2) is 6.14. The third-order valence-electron chi connectivity index (χ3n) is 3.21. The molecule has 0 radical (unpaired) electrons. The van der Waals surface area contributed by atoms with Crippen LogP contribution in [0.15, 0.2) is 48.2 Å². The van der Waals surface area contributed by atoms with Crippen molar-refractivity contribution in [2.45, 2.75) is 0 Å². The van der Waals surface area contributed by atoms with E-state index in [-0.39, 0.29) is 18.1 Å². The monoisotopic (exact) mass is 329 g/mol. The minimum atomic E-state index is -0.582. The van der Waals surface area contributed by atoms with Gasteiger partial charge in [-0.3, -0.25) is 9.59 Å². The Bertz CT molecular complexity index is 829. The van der Waals surface area contributed by atoms with Crippen LogP contribution in [0.4, 0.5) is 0 Å². The number of carbonyl (C=O) groups excluding carboxylic acids is 2. The predicted octanol–water partition coefficient (Wildman–Crippen LogP) is 2.82. The molecule has 1 heterocycles. The molecule has 0 atom stereocenters. The van der Waals surface area contributed by atoms with Crippen LogP contribution in [0.5, 0.6) is 11.5 Å². The van der Waals surface area contributed by atoms with Gasteiger partial charge in [-0.25, -0.2) is 0 Å². The summed E-state index contributed by atoms with van der Waals surface area (Å²) in [6.07, 6.45) is 1.59. The number of hydrogen-bond donors (Lipinski definition) is 1. The van der Waals surface area contributed by atoms with Crippen molar-refractivity contribution in [3.05, 3.63) is 64.4 Å². The summed E-state index contributed by atoms with van der Waals surface area (Å²) in [5, 5.41) is 0.526. The number of rotatable bonds is 4. The SMILES string of the molecule is NC(=O)COc1ccc2c(c1)O/C(=C\c1ccccc1Cl)C2=O. The van der Waals surface area contributed by atoms with E-state index in [1.165, 1.54) is 0 Å². The fraction of sp³-hybridized carbons (Fsp3) is 0.0588. The summed E-state index contributed by atoms with van der Waals surface area (Å²) >= 11 is 6.08. The van der Waals surface area contributed by atoms with E-state index >= 15 is 0 Å². The topological polar surface area (TPSA) is 78.6 Å². The van der Waals surface area contributed by atoms with Gasteiger partial charge in [0, 0.05) is 11.1 Å². The first-order valence-electron chi connectivity index (χ1n) is 6.78. The highest BCUT2D eigenvalue weighted by Crippen LogP contribution is 2.35. The van der Waals surface area contributed by atoms with Crippen LogP contribution in [0.1, 0.15) is 15.9 Å². The van der Waals surface area contributed by atoms with Gasteiger partial charge in [0.25, 0.3) is 5.91 Å². The Morgan fingerprint density at radius 3 is 2.78 bits per heavy atom. The summed E-state index contributed by atoms with van der Waals surface area (Å²) < 4.78 is 10.8. The van der Waals surface area contributed by atoms with Gasteiger partial charge in [0.15, 0.2) is 12.4 Å². The fourth-order valence-electron chi connectivity index (χ4n) is 2.14. The summed E-state index contributed by atoms with van der Waals surface area (Å²) in [6.45, 7) is -0.241. The van der Waals surface area contributed by atoms with Crippen molar-refractivity contribution in [3.63, 3.8) is 0 Å². The third kappa shape index (κ3) is 3.19. The second-order valence-electron chi connectivity index (χ2n) is 4.87. The number of amides is 1. The van der Waals surface area contributed by atoms with E-state index in [0.717, 1.165) is 0 Å². The molecule has 0 bridgehead atoms. The van der Waals surface area contributed by atoms with Crippen LogP contribution >= 0.6 is 11.6 Å². The number of ketones is 1. The molecule has 0 spiro atoms. The van der Waals surface area contributed by atoms with E-state index in [9.17, 15) is 9.59 Å². The van der Waals surface area contributed by atoms with Crippen molar-refractivity contribution in [2.75, 3.05) is 6.61 Å². The second-order valence-corrected chi connectivity index (χ2v) is 5.28. The number of hydrogen-bond acceptors (Lipinski definition) is 4. The lowest BCUT2D eigenvalue weighted by atomic mass is 10.1. The number of ether oxygens (including phenoxy) is 2. The van der Waals surface area contributed by atoms with E-state index in [1.54, 1.807) is 42.5 Å². The molecule has 116 valence electrons. The molecule has 6 heteroatoms. The number of carbonyl (C=O) groups is 2. The summed E-state index contributed by atoms with van der Waals surface area (Å²) in [4.78, 5) is 23.1. The fourth-order valence-corrected chi connectivity index (χ4v) is 2.34. The molecule has 5 nitrogen and oxygen atoms in total. The quantitative estimate of drug-likeness (QED) is 0.875. The van der Waals surface area contributed by atoms with Crippen LogP contribution in [0.25, 0.3) is 6.08 Å². The first-order chi connectivity index (χ1) is 11.0. The van der Waals surface area contributed by atoms with Crippen molar-refractivity contribution in [1.29, 1.82) is 0 Å². The molecular formula is C17H12ClNO4. The smallest absolute Gasteiger partial charge is 0.255 e. The lowest BCUT2D eigenvalue weighted by Gasteiger charge is -2.04. The van der Waals surface area contributed by atoms with Crippen molar-refractivity contribution < 1.29 is 19.1 Å². The molecule has 2 aromatic rings. The van der Waals surface area contributed by atoms with Crippen molar-refractivity contribution in [3.8, 4) is 11.5 Å². The Kier molecular flexibility index (Phi) is 4.04. The molecule has 0 unspecified atom stereocenters. The maximum absolute atomic E-state index is 12.3. The van der Waals surface area contributed by atoms with E-state index in [1.807, 2.05) is 6.07 Å². The Hall–Kier alpha value is -2.79. The molecule has 1 aliphatic heterocycles. The molecule has 0 aromatic heterocycles. The van der Waals surface area contributed by atoms with Crippen LogP contribution in [0.3, 0.4) is 0 Å². The van der Waals surface area contributed by atoms with Gasteiger partial charge >= 0.3 is 0 Å². The minimum Gasteiger partial charge on any atom is -0.484 e. The Morgan fingerprint density at radius 2 is 2.04 bits per heavy atom. The molecule has 0 saturated heterocycles. The average molecular weight is 330 g/mol. The van der Waals surface area contributed by atoms with E-state index in [4.69, 9.17) is 26.8 Å². The molecule has 0 saturated carbocycles. The average Bonchev–Trinajstić information content (AvgIpc) is 2.83. The Labute approximate surface area is 137 Å². The number of fused-ring (bicyclic) bond motifs is 1. The van der Waals surface area contributed by atoms with Crippen LogP contribution < -0.4 is 15.2 Å². The van der Waals surface area contributed by atoms with Crippen molar-refractivity contribution in [1.82, 2.24) is 0 Å². The largest absolute Gasteiger partial charge is 0.484 e. The van der Waals surface area contributed by atoms with Crippen LogP contribution in [0.2, 0.25) is 5.02 Å². The predicted molar refractivity (Wildman–Crippen MR) is 85.5 cm³/mol. The maximum Gasteiger partial charge on any atom is 0.255 e. The zero-order valence-electron chi connectivity index (χ0n) is 11.9. The molecule has 1 amide bonds. The standard InChI is InChI=1S/C17H12ClNO4/c18-13-4-2-1-3-10(13)7-15-17(21)12-6-5-11(8-14(12)23-15)22-9-16(19)20/h1-8H,9H2,(H2,19,20)/b15-7-. The number of halogens is 1. The van der Waals surface area contributed by atoms with Gasteiger partial charge < -0.3 is 15.2 Å². The van der Waals surface area contributed by atoms with Crippen LogP contribution in [-0.4, -0.2) is 18.3 Å². The molecule has 0 fully saturated rings. The van der Waals surface area contributed by atoms with Gasteiger partial charge in [0.1, 0.15) is 11.5 Å². The summed E-state index contributed by atoms with van der Waals surface area (Å²) in [6, 6.07) is 11.9. The zero-order valence-corrected chi connectivity index (χ0v) is 12.7. The Morgan fingerprint density at radius 1 is 1.26 bits per heavy atom. The van der Waals surface area contributed by atoms with Gasteiger partial charge in [0.2, 0.25) is 5.78 Å². The first-order valence-corrected chi connectivity index (χ1v) is 7.16. The van der Waals surface area contributed by atoms with Gasteiger partial charge in [0.05, 0.1) is 5.56 Å². The molecule has 2 aromatic carbocycles. The summed E-state index contributed by atoms with van der Waals surface area (Å²) in [7, 11) is 0. The lowest BCUT2D eigenvalue weighted by molar-refractivity contribution is -0.119. The van der Waals surface area contributed by atoms with Gasteiger partial charge in [-0.2, -0.15) is 0 Å². The van der Waals surface area contributed by atoms with Crippen LogP contribution in [-0.2, 0) is 4.79 Å². The summed E-state index contributed by atoms with van der Waals surface area (Å²) in [5.74, 6) is 0.132. The third-order valence-corrected chi connectivity index (χ3v) is 3.56. The van der Waals surface area contributed by atoms with Gasteiger partial charge in [-0.05, 0) is 29.8 Å². The molecule has 23 heavy (non-hydrogen) atoms. The Balaban J connectivity index is 1.87. The molecule has 0 aliphatic carbocycles. The van der Waals surface area contributed by atoms with E-state index < -0.39 is 5.91 Å². The number of benzene rings is 2. The molecule has 1 aliphatic rings. The first kappa shape index (κ1) is 15.1. The molecule has 2 N–H and O–H groups in total. The number of nitrogens with two attached hydrogens (primary N) is 1. The lowest BCUT2D eigenvalue weighted by Crippen LogP contribution is -2.19. The van der Waals surface area contributed by atoms with E-state index in [0.29, 0.717) is 27.6 Å². The maximum atomic E-state index is 12.3. The minimum absolute atomic E-state index is 0.181. The summed E-state index contributed by atoms with van der Waals surface area (Å²) in [5.41, 5.74) is 6.14. The highest BCUT2D eigenvalue weighted by molar-refractivity contribution is 6.32. The molecular weight excluding hydrogens is 318 g/mol.